The van der Waals surface area contributed by atoms with Gasteiger partial charge in [-0.2, -0.15) is 14.7 Å². The van der Waals surface area contributed by atoms with Gasteiger partial charge in [-0.3, -0.25) is 0 Å². The average Bonchev–Trinajstić information content (AvgIpc) is 2.85. The Labute approximate surface area is 157 Å². The van der Waals surface area contributed by atoms with Crippen LogP contribution in [0.5, 0.6) is 0 Å². The number of halogens is 1. The number of nitrogens with zero attached hydrogens (tertiary/aromatic N) is 3. The zero-order valence-electron chi connectivity index (χ0n) is 13.8. The Bertz CT molecular complexity index is 441. The van der Waals surface area contributed by atoms with Crippen molar-refractivity contribution in [1.82, 2.24) is 13.2 Å². The first-order valence-corrected chi connectivity index (χ1v) is 11.7. The van der Waals surface area contributed by atoms with E-state index in [-0.39, 0.29) is 0 Å². The summed E-state index contributed by atoms with van der Waals surface area (Å²) in [5.41, 5.74) is 2.47. The van der Waals surface area contributed by atoms with Gasteiger partial charge in [0.15, 0.2) is 0 Å². The van der Waals surface area contributed by atoms with Crippen LogP contribution in [-0.2, 0) is 11.5 Å². The second kappa shape index (κ2) is 9.77. The summed E-state index contributed by atoms with van der Waals surface area (Å²) in [6.45, 7) is 2.48. The highest BCUT2D eigenvalue weighted by Crippen LogP contribution is 2.39. The quantitative estimate of drug-likeness (QED) is 0.523. The van der Waals surface area contributed by atoms with Gasteiger partial charge < -0.3 is 0 Å². The van der Waals surface area contributed by atoms with Crippen molar-refractivity contribution in [2.75, 3.05) is 6.26 Å². The van der Waals surface area contributed by atoms with Gasteiger partial charge >= 0.3 is 0 Å². The van der Waals surface area contributed by atoms with Crippen LogP contribution in [0.4, 0.5) is 0 Å². The van der Waals surface area contributed by atoms with Crippen LogP contribution in [0.1, 0.15) is 76.1 Å². The Hall–Kier alpha value is 0.570. The fourth-order valence-electron chi connectivity index (χ4n) is 3.09. The van der Waals surface area contributed by atoms with E-state index in [1.165, 1.54) is 63.5 Å². The number of aromatic nitrogens is 3. The number of rotatable bonds is 5. The molecule has 0 bridgehead atoms. The molecule has 3 nitrogen and oxygen atoms in total. The lowest BCUT2D eigenvalue weighted by Gasteiger charge is -2.30. The van der Waals surface area contributed by atoms with Crippen LogP contribution < -0.4 is 0 Å². The maximum Gasteiger partial charge on any atom is 0.0975 e. The summed E-state index contributed by atoms with van der Waals surface area (Å²) in [4.78, 5) is 0. The third-order valence-corrected chi connectivity index (χ3v) is 7.41. The van der Waals surface area contributed by atoms with Crippen molar-refractivity contribution < 1.29 is 0 Å². The molecule has 126 valence electrons. The molecule has 0 aromatic carbocycles. The van der Waals surface area contributed by atoms with Crippen molar-refractivity contribution in [3.05, 3.63) is 11.4 Å². The fourth-order valence-corrected chi connectivity index (χ4v) is 5.72. The molecule has 1 aliphatic rings. The Kier molecular flexibility index (Phi) is 8.39. The van der Waals surface area contributed by atoms with E-state index >= 15 is 0 Å². The second-order valence-corrected chi connectivity index (χ2v) is 9.83. The first-order chi connectivity index (χ1) is 10.6. The van der Waals surface area contributed by atoms with Crippen LogP contribution in [0, 0.1) is 0 Å². The molecule has 0 N–H and O–H groups in total. The summed E-state index contributed by atoms with van der Waals surface area (Å²) in [6, 6.07) is 0. The van der Waals surface area contributed by atoms with Crippen LogP contribution >= 0.6 is 46.4 Å². The summed E-state index contributed by atoms with van der Waals surface area (Å²) in [6.07, 6.45) is 14.8. The van der Waals surface area contributed by atoms with Crippen molar-refractivity contribution in [2.45, 2.75) is 81.0 Å². The van der Waals surface area contributed by atoms with E-state index in [1.807, 2.05) is 14.7 Å². The third-order valence-electron chi connectivity index (χ3n) is 4.55. The Balaban J connectivity index is 1.96. The van der Waals surface area contributed by atoms with Crippen LogP contribution in [0.25, 0.3) is 0 Å². The topological polar surface area (TPSA) is 30.7 Å². The van der Waals surface area contributed by atoms with Gasteiger partial charge in [0, 0.05) is 16.3 Å². The summed E-state index contributed by atoms with van der Waals surface area (Å²) in [7, 11) is 0. The maximum absolute atomic E-state index is 4.32. The van der Waals surface area contributed by atoms with Gasteiger partial charge in [-0.05, 0) is 19.1 Å². The molecule has 1 saturated carbocycles. The third kappa shape index (κ3) is 5.89. The molecule has 0 aliphatic heterocycles. The van der Waals surface area contributed by atoms with Gasteiger partial charge in [-0.25, -0.2) is 0 Å². The largest absolute Gasteiger partial charge is 0.187 e. The molecule has 0 amide bonds. The zero-order valence-corrected chi connectivity index (χ0v) is 17.6. The second-order valence-electron chi connectivity index (χ2n) is 6.49. The molecule has 1 aromatic rings. The van der Waals surface area contributed by atoms with E-state index in [0.717, 1.165) is 17.2 Å². The molecule has 6 heteroatoms. The summed E-state index contributed by atoms with van der Waals surface area (Å²) in [5.74, 6) is 2.01. The Morgan fingerprint density at radius 3 is 2.23 bits per heavy atom. The molecule has 1 aromatic heterocycles. The highest BCUT2D eigenvalue weighted by atomic mass is 127. The molecule has 0 saturated heterocycles. The maximum atomic E-state index is 4.32. The van der Waals surface area contributed by atoms with E-state index < -0.39 is 0 Å². The van der Waals surface area contributed by atoms with Crippen molar-refractivity contribution >= 4 is 46.4 Å². The molecule has 0 atom stereocenters. The Morgan fingerprint density at radius 2 is 1.64 bits per heavy atom. The zero-order chi connectivity index (χ0) is 15.8. The molecule has 2 rings (SSSR count). The number of hydrogen-bond acceptors (Lipinski definition) is 4. The van der Waals surface area contributed by atoms with Crippen molar-refractivity contribution in [3.63, 3.8) is 0 Å². The van der Waals surface area contributed by atoms with E-state index in [4.69, 9.17) is 0 Å². The molecule has 0 radical (unpaired) electrons. The lowest BCUT2D eigenvalue weighted by molar-refractivity contribution is 0.445. The Morgan fingerprint density at radius 1 is 1.05 bits per heavy atom. The normalized spacial score (nSPS) is 20.0. The van der Waals surface area contributed by atoms with Crippen LogP contribution in [0.2, 0.25) is 0 Å². The smallest absolute Gasteiger partial charge is 0.0975 e. The summed E-state index contributed by atoms with van der Waals surface area (Å²) >= 11 is 6.23. The lowest BCUT2D eigenvalue weighted by atomic mass is 9.93. The molecule has 22 heavy (non-hydrogen) atoms. The van der Waals surface area contributed by atoms with Crippen molar-refractivity contribution in [3.8, 4) is 0 Å². The molecule has 1 fully saturated rings. The molecular formula is C16H28IN3S2. The van der Waals surface area contributed by atoms with E-state index in [0.29, 0.717) is 4.75 Å². The monoisotopic (exact) mass is 453 g/mol. The van der Waals surface area contributed by atoms with Crippen molar-refractivity contribution in [1.29, 1.82) is 0 Å². The van der Waals surface area contributed by atoms with E-state index in [2.05, 4.69) is 58.1 Å². The standard InChI is InChI=1S/C16H28IN3S2/c1-16(10-8-6-4-3-5-7-9-11-16)22-13-15-14(12-21-2)18-19-20(15)17/h3-13H2,1-2H3. The van der Waals surface area contributed by atoms with Crippen LogP contribution in [-0.4, -0.2) is 24.2 Å². The fraction of sp³-hybridized carbons (Fsp3) is 0.875. The molecular weight excluding hydrogens is 425 g/mol. The van der Waals surface area contributed by atoms with Gasteiger partial charge in [-0.1, -0.05) is 57.1 Å². The van der Waals surface area contributed by atoms with Crippen LogP contribution in [0.15, 0.2) is 0 Å². The lowest BCUT2D eigenvalue weighted by Crippen LogP contribution is -2.21. The van der Waals surface area contributed by atoms with Gasteiger partial charge in [0.25, 0.3) is 0 Å². The highest BCUT2D eigenvalue weighted by Gasteiger charge is 2.26. The molecule has 0 spiro atoms. The van der Waals surface area contributed by atoms with Crippen LogP contribution in [0.3, 0.4) is 0 Å². The van der Waals surface area contributed by atoms with Gasteiger partial charge in [0.2, 0.25) is 0 Å². The van der Waals surface area contributed by atoms with E-state index in [1.54, 1.807) is 0 Å². The minimum Gasteiger partial charge on any atom is -0.187 e. The SMILES string of the molecule is CSCc1nnn(I)c1CSC1(C)CCCCCCCCC1. The van der Waals surface area contributed by atoms with Gasteiger partial charge in [-0.15, -0.1) is 16.9 Å². The van der Waals surface area contributed by atoms with Gasteiger partial charge in [0.05, 0.1) is 34.3 Å². The first-order valence-electron chi connectivity index (χ1n) is 8.37. The molecule has 0 unspecified atom stereocenters. The number of hydrogen-bond donors (Lipinski definition) is 0. The molecule has 1 aliphatic carbocycles. The van der Waals surface area contributed by atoms with Gasteiger partial charge in [0.1, 0.15) is 0 Å². The predicted molar refractivity (Wildman–Crippen MR) is 108 cm³/mol. The summed E-state index contributed by atoms with van der Waals surface area (Å²) < 4.78 is 2.37. The van der Waals surface area contributed by atoms with Crippen molar-refractivity contribution in [2.24, 2.45) is 0 Å². The number of thioether (sulfide) groups is 2. The molecule has 1 heterocycles. The first kappa shape index (κ1) is 18.9. The summed E-state index contributed by atoms with van der Waals surface area (Å²) in [5, 5.41) is 8.53. The minimum atomic E-state index is 0.425. The van der Waals surface area contributed by atoms with E-state index in [9.17, 15) is 0 Å². The predicted octanol–water partition coefficient (Wildman–Crippen LogP) is 5.86. The minimum absolute atomic E-state index is 0.425. The highest BCUT2D eigenvalue weighted by molar-refractivity contribution is 14.1. The average molecular weight is 453 g/mol.